The minimum Gasteiger partial charge on any atom is -0.347 e. The standard InChI is InChI=1S/C17H19N7O4S/c1-23(2)15(25)9-19-17(26)21-16-20-14-5-4-11(10-24(14)22-16)12-6-13(8-18-7-12)29(3,27)28/h4-8,10H,9H2,1-3H3,(H2,19,21,22,26). The summed E-state index contributed by atoms with van der Waals surface area (Å²) in [6.07, 6.45) is 5.59. The molecule has 0 atom stereocenters. The molecule has 0 fully saturated rings. The summed E-state index contributed by atoms with van der Waals surface area (Å²) in [5, 5.41) is 9.05. The first-order chi connectivity index (χ1) is 13.6. The molecule has 0 aliphatic carbocycles. The summed E-state index contributed by atoms with van der Waals surface area (Å²) in [6, 6.07) is 4.33. The van der Waals surface area contributed by atoms with Crippen LogP contribution < -0.4 is 10.6 Å². The maximum Gasteiger partial charge on any atom is 0.322 e. The van der Waals surface area contributed by atoms with Gasteiger partial charge >= 0.3 is 6.03 Å². The molecule has 0 unspecified atom stereocenters. The van der Waals surface area contributed by atoms with E-state index in [2.05, 4.69) is 25.7 Å². The number of hydrogen-bond donors (Lipinski definition) is 2. The number of amides is 3. The summed E-state index contributed by atoms with van der Waals surface area (Å²) in [4.78, 5) is 33.0. The van der Waals surface area contributed by atoms with Crippen molar-refractivity contribution in [1.82, 2.24) is 29.8 Å². The Morgan fingerprint density at radius 1 is 1.17 bits per heavy atom. The van der Waals surface area contributed by atoms with Crippen molar-refractivity contribution >= 4 is 33.4 Å². The predicted octanol–water partition coefficient (Wildman–Crippen LogP) is 0.404. The predicted molar refractivity (Wildman–Crippen MR) is 105 cm³/mol. The van der Waals surface area contributed by atoms with E-state index >= 15 is 0 Å². The lowest BCUT2D eigenvalue weighted by molar-refractivity contribution is -0.127. The van der Waals surface area contributed by atoms with Gasteiger partial charge in [-0.15, -0.1) is 5.10 Å². The number of nitrogens with one attached hydrogen (secondary N) is 2. The second-order valence-corrected chi connectivity index (χ2v) is 8.45. The zero-order valence-corrected chi connectivity index (χ0v) is 16.8. The SMILES string of the molecule is CN(C)C(=O)CNC(=O)Nc1nc2ccc(-c3cncc(S(C)(=O)=O)c3)cn2n1. The van der Waals surface area contributed by atoms with Crippen molar-refractivity contribution in [1.29, 1.82) is 0 Å². The Morgan fingerprint density at radius 2 is 1.93 bits per heavy atom. The van der Waals surface area contributed by atoms with E-state index in [1.807, 2.05) is 0 Å². The van der Waals surface area contributed by atoms with Crippen molar-refractivity contribution in [2.24, 2.45) is 0 Å². The van der Waals surface area contributed by atoms with Crippen molar-refractivity contribution in [3.63, 3.8) is 0 Å². The monoisotopic (exact) mass is 417 g/mol. The molecule has 3 amide bonds. The van der Waals surface area contributed by atoms with E-state index < -0.39 is 15.9 Å². The zero-order chi connectivity index (χ0) is 21.2. The lowest BCUT2D eigenvalue weighted by Crippen LogP contribution is -2.38. The van der Waals surface area contributed by atoms with Gasteiger partial charge < -0.3 is 10.2 Å². The van der Waals surface area contributed by atoms with E-state index in [1.165, 1.54) is 21.7 Å². The molecule has 11 nitrogen and oxygen atoms in total. The number of sulfone groups is 1. The van der Waals surface area contributed by atoms with E-state index in [0.717, 1.165) is 6.26 Å². The number of likely N-dealkylation sites (N-methyl/N-ethyl adjacent to an activating group) is 1. The first-order valence-corrected chi connectivity index (χ1v) is 10.3. The summed E-state index contributed by atoms with van der Waals surface area (Å²) < 4.78 is 24.9. The summed E-state index contributed by atoms with van der Waals surface area (Å²) in [5.41, 5.74) is 1.74. The quantitative estimate of drug-likeness (QED) is 0.613. The van der Waals surface area contributed by atoms with Gasteiger partial charge in [-0.3, -0.25) is 15.1 Å². The Balaban J connectivity index is 1.79. The highest BCUT2D eigenvalue weighted by Gasteiger charge is 2.12. The van der Waals surface area contributed by atoms with Gasteiger partial charge in [0.1, 0.15) is 0 Å². The molecular formula is C17H19N7O4S. The average molecular weight is 417 g/mol. The van der Waals surface area contributed by atoms with Crippen LogP contribution in [0.4, 0.5) is 10.7 Å². The third kappa shape index (κ3) is 4.85. The highest BCUT2D eigenvalue weighted by atomic mass is 32.2. The largest absolute Gasteiger partial charge is 0.347 e. The topological polar surface area (TPSA) is 139 Å². The van der Waals surface area contributed by atoms with Gasteiger partial charge in [-0.2, -0.15) is 4.98 Å². The number of pyridine rings is 2. The number of fused-ring (bicyclic) bond motifs is 1. The molecule has 0 spiro atoms. The molecule has 3 aromatic heterocycles. The second kappa shape index (κ2) is 7.83. The molecule has 3 aromatic rings. The maximum absolute atomic E-state index is 11.9. The van der Waals surface area contributed by atoms with Crippen molar-refractivity contribution < 1.29 is 18.0 Å². The smallest absolute Gasteiger partial charge is 0.322 e. The van der Waals surface area contributed by atoms with Crippen molar-refractivity contribution in [2.45, 2.75) is 4.90 Å². The lowest BCUT2D eigenvalue weighted by Gasteiger charge is -2.10. The molecule has 0 aliphatic heterocycles. The van der Waals surface area contributed by atoms with Crippen molar-refractivity contribution in [3.8, 4) is 11.1 Å². The van der Waals surface area contributed by atoms with E-state index in [9.17, 15) is 18.0 Å². The summed E-state index contributed by atoms with van der Waals surface area (Å²) in [5.74, 6) is -0.197. The second-order valence-electron chi connectivity index (χ2n) is 6.43. The Labute approximate surface area is 166 Å². The van der Waals surface area contributed by atoms with Crippen LogP contribution in [0, 0.1) is 0 Å². The molecule has 3 rings (SSSR count). The van der Waals surface area contributed by atoms with Gasteiger partial charge in [0.2, 0.25) is 5.91 Å². The summed E-state index contributed by atoms with van der Waals surface area (Å²) in [6.45, 7) is -0.153. The number of carbonyl (C=O) groups is 2. The van der Waals surface area contributed by atoms with Gasteiger partial charge in [0.15, 0.2) is 15.5 Å². The van der Waals surface area contributed by atoms with Crippen molar-refractivity contribution in [3.05, 3.63) is 36.8 Å². The molecular weight excluding hydrogens is 398 g/mol. The van der Waals surface area contributed by atoms with Crippen LogP contribution in [0.1, 0.15) is 0 Å². The van der Waals surface area contributed by atoms with Crippen LogP contribution in [-0.4, -0.2) is 71.7 Å². The third-order valence-electron chi connectivity index (χ3n) is 3.93. The number of rotatable bonds is 5. The number of aromatic nitrogens is 4. The Hall–Kier alpha value is -3.54. The molecule has 152 valence electrons. The molecule has 0 radical (unpaired) electrons. The first kappa shape index (κ1) is 20.2. The van der Waals surface area contributed by atoms with Crippen LogP contribution >= 0.6 is 0 Å². The third-order valence-corrected chi connectivity index (χ3v) is 5.01. The Morgan fingerprint density at radius 3 is 2.62 bits per heavy atom. The Kier molecular flexibility index (Phi) is 5.46. The average Bonchev–Trinajstić information content (AvgIpc) is 3.06. The summed E-state index contributed by atoms with van der Waals surface area (Å²) >= 11 is 0. The van der Waals surface area contributed by atoms with Gasteiger partial charge in [0.05, 0.1) is 11.4 Å². The van der Waals surface area contributed by atoms with Gasteiger partial charge in [-0.25, -0.2) is 17.7 Å². The molecule has 0 saturated heterocycles. The fraction of sp³-hybridized carbons (Fsp3) is 0.235. The molecule has 12 heteroatoms. The first-order valence-electron chi connectivity index (χ1n) is 8.40. The normalized spacial score (nSPS) is 11.3. The van der Waals surface area contributed by atoms with Crippen LogP contribution in [0.2, 0.25) is 0 Å². The van der Waals surface area contributed by atoms with E-state index in [-0.39, 0.29) is 23.3 Å². The highest BCUT2D eigenvalue weighted by molar-refractivity contribution is 7.90. The fourth-order valence-electron chi connectivity index (χ4n) is 2.35. The number of hydrogen-bond acceptors (Lipinski definition) is 7. The molecule has 0 bridgehead atoms. The van der Waals surface area contributed by atoms with Gasteiger partial charge in [0.25, 0.3) is 5.95 Å². The van der Waals surface area contributed by atoms with E-state index in [1.54, 1.807) is 38.6 Å². The molecule has 0 aromatic carbocycles. The molecule has 0 saturated carbocycles. The molecule has 29 heavy (non-hydrogen) atoms. The summed E-state index contributed by atoms with van der Waals surface area (Å²) in [7, 11) is -0.206. The fourth-order valence-corrected chi connectivity index (χ4v) is 2.94. The van der Waals surface area contributed by atoms with E-state index in [4.69, 9.17) is 0 Å². The molecule has 3 heterocycles. The van der Waals surface area contributed by atoms with Crippen molar-refractivity contribution in [2.75, 3.05) is 32.2 Å². The number of carbonyl (C=O) groups excluding carboxylic acids is 2. The van der Waals surface area contributed by atoms with Gasteiger partial charge in [-0.05, 0) is 18.2 Å². The van der Waals surface area contributed by atoms with Crippen LogP contribution in [-0.2, 0) is 14.6 Å². The van der Waals surface area contributed by atoms with Crippen LogP contribution in [0.25, 0.3) is 16.8 Å². The minimum absolute atomic E-state index is 0.0555. The number of nitrogens with zero attached hydrogens (tertiary/aromatic N) is 5. The lowest BCUT2D eigenvalue weighted by atomic mass is 10.1. The van der Waals surface area contributed by atoms with Gasteiger partial charge in [0, 0.05) is 50.1 Å². The van der Waals surface area contributed by atoms with Crippen LogP contribution in [0.3, 0.4) is 0 Å². The minimum atomic E-state index is -3.38. The van der Waals surface area contributed by atoms with E-state index in [0.29, 0.717) is 16.8 Å². The maximum atomic E-state index is 11.9. The number of anilines is 1. The molecule has 0 aliphatic rings. The van der Waals surface area contributed by atoms with Crippen LogP contribution in [0.5, 0.6) is 0 Å². The van der Waals surface area contributed by atoms with Gasteiger partial charge in [-0.1, -0.05) is 0 Å². The van der Waals surface area contributed by atoms with Crippen LogP contribution in [0.15, 0.2) is 41.7 Å². The zero-order valence-electron chi connectivity index (χ0n) is 15.9. The number of urea groups is 1. The molecule has 2 N–H and O–H groups in total. The Bertz CT molecular complexity index is 1190. The highest BCUT2D eigenvalue weighted by Crippen LogP contribution is 2.22.